The highest BCUT2D eigenvalue weighted by molar-refractivity contribution is 9.10. The minimum Gasteiger partial charge on any atom is -0.369 e. The van der Waals surface area contributed by atoms with Crippen LogP contribution in [0.2, 0.25) is 0 Å². The number of hydrogen-bond acceptors (Lipinski definition) is 3. The Hall–Kier alpha value is -0.870. The molecule has 0 amide bonds. The first kappa shape index (κ1) is 11.6. The van der Waals surface area contributed by atoms with Crippen LogP contribution in [-0.2, 0) is 0 Å². The molecule has 0 aliphatic carbocycles. The molecule has 0 spiro atoms. The molecule has 1 fully saturated rings. The van der Waals surface area contributed by atoms with Crippen molar-refractivity contribution in [3.05, 3.63) is 29.0 Å². The average molecular weight is 282 g/mol. The van der Waals surface area contributed by atoms with E-state index < -0.39 is 0 Å². The Labute approximate surface area is 105 Å². The minimum atomic E-state index is 0.860. The van der Waals surface area contributed by atoms with Gasteiger partial charge in [0.1, 0.15) is 4.60 Å². The van der Waals surface area contributed by atoms with Gasteiger partial charge in [0.05, 0.1) is 11.9 Å². The zero-order valence-corrected chi connectivity index (χ0v) is 10.8. The fourth-order valence-electron chi connectivity index (χ4n) is 1.87. The number of nitrogens with one attached hydrogen (secondary N) is 1. The van der Waals surface area contributed by atoms with Gasteiger partial charge in [-0.25, -0.2) is 4.98 Å². The molecule has 1 N–H and O–H groups in total. The lowest BCUT2D eigenvalue weighted by Crippen LogP contribution is -2.27. The van der Waals surface area contributed by atoms with Gasteiger partial charge in [-0.1, -0.05) is 12.7 Å². The molecule has 0 bridgehead atoms. The van der Waals surface area contributed by atoms with E-state index in [9.17, 15) is 0 Å². The molecule has 2 rings (SSSR count). The molecular weight excluding hydrogens is 266 g/mol. The van der Waals surface area contributed by atoms with Crippen LogP contribution in [-0.4, -0.2) is 31.2 Å². The second kappa shape index (κ2) is 5.46. The maximum absolute atomic E-state index is 4.34. The summed E-state index contributed by atoms with van der Waals surface area (Å²) in [5.74, 6) is 0. The number of halogens is 1. The first-order valence-corrected chi connectivity index (χ1v) is 6.34. The smallest absolute Gasteiger partial charge is 0.113 e. The third kappa shape index (κ3) is 2.62. The van der Waals surface area contributed by atoms with Gasteiger partial charge >= 0.3 is 0 Å². The summed E-state index contributed by atoms with van der Waals surface area (Å²) in [4.78, 5) is 6.71. The third-order valence-corrected chi connectivity index (χ3v) is 3.44. The van der Waals surface area contributed by atoms with E-state index in [1.165, 1.54) is 12.1 Å². The molecule has 0 unspecified atom stereocenters. The number of nitrogens with zero attached hydrogens (tertiary/aromatic N) is 2. The number of hydrogen-bond donors (Lipinski definition) is 1. The maximum atomic E-state index is 4.34. The quantitative estimate of drug-likeness (QED) is 0.844. The zero-order chi connectivity index (χ0) is 11.4. The lowest BCUT2D eigenvalue weighted by atomic mass is 10.2. The first-order chi connectivity index (χ1) is 7.81. The van der Waals surface area contributed by atoms with E-state index in [1.54, 1.807) is 0 Å². The molecule has 16 heavy (non-hydrogen) atoms. The van der Waals surface area contributed by atoms with Crippen LogP contribution in [0.3, 0.4) is 0 Å². The summed E-state index contributed by atoms with van der Waals surface area (Å²) < 4.78 is 0.860. The van der Waals surface area contributed by atoms with Gasteiger partial charge in [-0.05, 0) is 35.0 Å². The highest BCUT2D eigenvalue weighted by Crippen LogP contribution is 2.22. The van der Waals surface area contributed by atoms with E-state index in [2.05, 4.69) is 43.8 Å². The van der Waals surface area contributed by atoms with Gasteiger partial charge in [-0.3, -0.25) is 0 Å². The van der Waals surface area contributed by atoms with Gasteiger partial charge in [0.2, 0.25) is 0 Å². The molecule has 0 radical (unpaired) electrons. The molecule has 3 nitrogen and oxygen atoms in total. The highest BCUT2D eigenvalue weighted by Gasteiger charge is 2.10. The Morgan fingerprint density at radius 3 is 3.12 bits per heavy atom. The van der Waals surface area contributed by atoms with Crippen LogP contribution < -0.4 is 10.2 Å². The van der Waals surface area contributed by atoms with E-state index >= 15 is 0 Å². The number of aromatic nitrogens is 1. The van der Waals surface area contributed by atoms with E-state index in [-0.39, 0.29) is 0 Å². The van der Waals surface area contributed by atoms with E-state index in [1.807, 2.05) is 12.3 Å². The molecule has 1 aliphatic heterocycles. The molecule has 0 atom stereocenters. The molecule has 2 heterocycles. The van der Waals surface area contributed by atoms with E-state index in [0.29, 0.717) is 0 Å². The summed E-state index contributed by atoms with van der Waals surface area (Å²) in [5.41, 5.74) is 2.23. The summed E-state index contributed by atoms with van der Waals surface area (Å²) in [6.07, 6.45) is 4.93. The molecule has 1 saturated heterocycles. The molecule has 86 valence electrons. The van der Waals surface area contributed by atoms with Crippen LogP contribution in [0.1, 0.15) is 12.0 Å². The molecule has 1 aliphatic rings. The Kier molecular flexibility index (Phi) is 3.96. The second-order valence-electron chi connectivity index (χ2n) is 3.87. The van der Waals surface area contributed by atoms with Gasteiger partial charge in [0.15, 0.2) is 0 Å². The topological polar surface area (TPSA) is 28.2 Å². The standard InChI is InChI=1S/C12H16BrN3/c1-2-10-8-11(9-15-12(10)13)16-6-3-4-14-5-7-16/h2,8-9,14H,1,3-7H2. The Balaban J connectivity index is 2.21. The van der Waals surface area contributed by atoms with Crippen molar-refractivity contribution in [2.75, 3.05) is 31.1 Å². The maximum Gasteiger partial charge on any atom is 0.113 e. The monoisotopic (exact) mass is 281 g/mol. The predicted octanol–water partition coefficient (Wildman–Crippen LogP) is 2.29. The van der Waals surface area contributed by atoms with Crippen molar-refractivity contribution < 1.29 is 0 Å². The molecular formula is C12H16BrN3. The normalized spacial score (nSPS) is 16.9. The molecule has 1 aromatic rings. The predicted molar refractivity (Wildman–Crippen MR) is 71.7 cm³/mol. The first-order valence-electron chi connectivity index (χ1n) is 5.55. The fraction of sp³-hybridized carbons (Fsp3) is 0.417. The highest BCUT2D eigenvalue weighted by atomic mass is 79.9. The van der Waals surface area contributed by atoms with Crippen LogP contribution in [0.15, 0.2) is 23.4 Å². The van der Waals surface area contributed by atoms with Gasteiger partial charge in [0.25, 0.3) is 0 Å². The fourth-order valence-corrected chi connectivity index (χ4v) is 2.25. The summed E-state index contributed by atoms with van der Waals surface area (Å²) in [7, 11) is 0. The van der Waals surface area contributed by atoms with Gasteiger partial charge in [-0.15, -0.1) is 0 Å². The lowest BCUT2D eigenvalue weighted by Gasteiger charge is -2.22. The lowest BCUT2D eigenvalue weighted by molar-refractivity contribution is 0.724. The van der Waals surface area contributed by atoms with Crippen molar-refractivity contribution in [1.29, 1.82) is 0 Å². The van der Waals surface area contributed by atoms with Gasteiger partial charge < -0.3 is 10.2 Å². The number of anilines is 1. The second-order valence-corrected chi connectivity index (χ2v) is 4.62. The number of rotatable bonds is 2. The minimum absolute atomic E-state index is 0.860. The van der Waals surface area contributed by atoms with Crippen molar-refractivity contribution in [2.24, 2.45) is 0 Å². The van der Waals surface area contributed by atoms with Crippen molar-refractivity contribution >= 4 is 27.7 Å². The van der Waals surface area contributed by atoms with Gasteiger partial charge in [-0.2, -0.15) is 0 Å². The summed E-state index contributed by atoms with van der Waals surface area (Å²) in [6, 6.07) is 2.13. The summed E-state index contributed by atoms with van der Waals surface area (Å²) in [5, 5.41) is 3.40. The van der Waals surface area contributed by atoms with E-state index in [0.717, 1.165) is 36.3 Å². The van der Waals surface area contributed by atoms with Gasteiger partial charge in [0, 0.05) is 25.2 Å². The van der Waals surface area contributed by atoms with E-state index in [4.69, 9.17) is 0 Å². The Bertz CT molecular complexity index is 371. The molecule has 4 heteroatoms. The van der Waals surface area contributed by atoms with Crippen LogP contribution in [0.5, 0.6) is 0 Å². The third-order valence-electron chi connectivity index (χ3n) is 2.78. The summed E-state index contributed by atoms with van der Waals surface area (Å²) in [6.45, 7) is 8.07. The van der Waals surface area contributed by atoms with Crippen LogP contribution in [0.4, 0.5) is 5.69 Å². The Morgan fingerprint density at radius 2 is 2.31 bits per heavy atom. The van der Waals surface area contributed by atoms with Crippen LogP contribution >= 0.6 is 15.9 Å². The zero-order valence-electron chi connectivity index (χ0n) is 9.25. The average Bonchev–Trinajstić information content (AvgIpc) is 2.58. The van der Waals surface area contributed by atoms with Crippen molar-refractivity contribution in [3.8, 4) is 0 Å². The SMILES string of the molecule is C=Cc1cc(N2CCCNCC2)cnc1Br. The largest absolute Gasteiger partial charge is 0.369 e. The van der Waals surface area contributed by atoms with Crippen molar-refractivity contribution in [1.82, 2.24) is 10.3 Å². The van der Waals surface area contributed by atoms with Crippen LogP contribution in [0, 0.1) is 0 Å². The molecule has 0 aromatic carbocycles. The number of pyridine rings is 1. The van der Waals surface area contributed by atoms with Crippen molar-refractivity contribution in [2.45, 2.75) is 6.42 Å². The Morgan fingerprint density at radius 1 is 1.44 bits per heavy atom. The molecule has 0 saturated carbocycles. The van der Waals surface area contributed by atoms with Crippen LogP contribution in [0.25, 0.3) is 6.08 Å². The summed E-state index contributed by atoms with van der Waals surface area (Å²) >= 11 is 3.42. The molecule has 1 aromatic heterocycles. The van der Waals surface area contributed by atoms with Crippen molar-refractivity contribution in [3.63, 3.8) is 0 Å².